The Morgan fingerprint density at radius 1 is 0.880 bits per heavy atom. The number of Topliss-reactive ketones (excluding diaryl/α,β-unsaturated/α-hetero) is 1. The summed E-state index contributed by atoms with van der Waals surface area (Å²) in [6.07, 6.45) is 5.37. The molecule has 0 amide bonds. The minimum atomic E-state index is -0.211. The molecule has 6 heteroatoms. The van der Waals surface area contributed by atoms with Gasteiger partial charge in [-0.15, -0.1) is 0 Å². The molecule has 0 aliphatic carbocycles. The third kappa shape index (κ3) is 404. The number of hydrogen-bond acceptors (Lipinski definition) is 6. The zero-order chi connectivity index (χ0) is 21.7. The molecule has 0 saturated carbocycles. The Kier molecular flexibility index (Phi) is 77.6. The molecule has 0 atom stereocenters. The predicted molar refractivity (Wildman–Crippen MR) is 107 cm³/mol. The SMILES string of the molecule is CC(C)=O.CC(C)O.CCCCCC.CCO.CCOC(C)=O.CO. The molecule has 0 spiro atoms. The average Bonchev–Trinajstić information content (AvgIpc) is 2.47. The minimum absolute atomic E-state index is 0.167. The van der Waals surface area contributed by atoms with E-state index in [-0.39, 0.29) is 24.5 Å². The van der Waals surface area contributed by atoms with Crippen molar-refractivity contribution in [1.82, 2.24) is 0 Å². The molecular weight excluding hydrogens is 324 g/mol. The summed E-state index contributed by atoms with van der Waals surface area (Å²) in [6, 6.07) is 0. The van der Waals surface area contributed by atoms with E-state index in [4.69, 9.17) is 15.3 Å². The Morgan fingerprint density at radius 3 is 1.12 bits per heavy atom. The predicted octanol–water partition coefficient (Wildman–Crippen LogP) is 3.75. The van der Waals surface area contributed by atoms with Crippen molar-refractivity contribution in [2.45, 2.75) is 94.1 Å². The van der Waals surface area contributed by atoms with Crippen LogP contribution in [0.15, 0.2) is 0 Å². The first kappa shape index (κ1) is 39.2. The Morgan fingerprint density at radius 2 is 1.08 bits per heavy atom. The van der Waals surface area contributed by atoms with Crippen LogP contribution in [0.1, 0.15) is 88.0 Å². The lowest BCUT2D eigenvalue weighted by Gasteiger charge is -1.89. The number of hydrogen-bond donors (Lipinski definition) is 3. The van der Waals surface area contributed by atoms with Crippen LogP contribution in [-0.4, -0.2) is 53.5 Å². The lowest BCUT2D eigenvalue weighted by atomic mass is 10.2. The number of rotatable bonds is 4. The van der Waals surface area contributed by atoms with Gasteiger partial charge < -0.3 is 24.9 Å². The van der Waals surface area contributed by atoms with Crippen molar-refractivity contribution in [2.24, 2.45) is 0 Å². The highest BCUT2D eigenvalue weighted by atomic mass is 16.5. The lowest BCUT2D eigenvalue weighted by molar-refractivity contribution is -0.140. The monoisotopic (exact) mass is 370 g/mol. The van der Waals surface area contributed by atoms with Crippen LogP contribution in [0.5, 0.6) is 0 Å². The summed E-state index contributed by atoms with van der Waals surface area (Å²) in [4.78, 5) is 19.3. The van der Waals surface area contributed by atoms with Gasteiger partial charge >= 0.3 is 5.97 Å². The second-order valence-corrected chi connectivity index (χ2v) is 4.95. The number of esters is 1. The molecule has 0 saturated heterocycles. The molecule has 0 radical (unpaired) electrons. The normalized spacial score (nSPS) is 7.44. The number of unbranched alkanes of at least 4 members (excludes halogenated alkanes) is 3. The first-order valence-electron chi connectivity index (χ1n) is 8.91. The molecule has 0 unspecified atom stereocenters. The van der Waals surface area contributed by atoms with Crippen molar-refractivity contribution in [3.05, 3.63) is 0 Å². The van der Waals surface area contributed by atoms with Crippen molar-refractivity contribution in [2.75, 3.05) is 20.3 Å². The smallest absolute Gasteiger partial charge is 0.302 e. The van der Waals surface area contributed by atoms with Crippen LogP contribution in [0.4, 0.5) is 0 Å². The Balaban J connectivity index is -0.0000000450. The van der Waals surface area contributed by atoms with Crippen LogP contribution in [-0.2, 0) is 14.3 Å². The van der Waals surface area contributed by atoms with E-state index in [9.17, 15) is 9.59 Å². The summed E-state index contributed by atoms with van der Waals surface area (Å²) in [5, 5.41) is 22.6. The van der Waals surface area contributed by atoms with Crippen molar-refractivity contribution in [3.8, 4) is 0 Å². The fourth-order valence-corrected chi connectivity index (χ4v) is 0.703. The standard InChI is InChI=1S/C6H14.C4H8O2.C3H8O.C3H6O.C2H6O.CH4O/c1-3-5-6-4-2;1-3-6-4(2)5;2*1-3(2)4;1-2-3;1-2/h3-6H2,1-2H3;3H2,1-2H3;3-4H,1-2H3;1-2H3;3H,2H2,1H3;2H,1H3. The Labute approximate surface area is 156 Å². The molecule has 6 nitrogen and oxygen atoms in total. The van der Waals surface area contributed by atoms with Crippen LogP contribution in [0, 0.1) is 0 Å². The Hall–Kier alpha value is -0.980. The summed E-state index contributed by atoms with van der Waals surface area (Å²) in [6.45, 7) is 16.5. The molecule has 3 N–H and O–H groups in total. The van der Waals surface area contributed by atoms with Gasteiger partial charge in [0.05, 0.1) is 6.61 Å². The molecule has 0 rings (SSSR count). The maximum Gasteiger partial charge on any atom is 0.302 e. The fourth-order valence-electron chi connectivity index (χ4n) is 0.703. The van der Waals surface area contributed by atoms with Crippen LogP contribution in [0.25, 0.3) is 0 Å². The largest absolute Gasteiger partial charge is 0.466 e. The van der Waals surface area contributed by atoms with E-state index in [1.54, 1.807) is 27.7 Å². The van der Waals surface area contributed by atoms with E-state index >= 15 is 0 Å². The summed E-state index contributed by atoms with van der Waals surface area (Å²) >= 11 is 0. The first-order valence-corrected chi connectivity index (χ1v) is 8.91. The summed E-state index contributed by atoms with van der Waals surface area (Å²) in [5.41, 5.74) is 0. The lowest BCUT2D eigenvalue weighted by Crippen LogP contribution is -1.95. The average molecular weight is 371 g/mol. The topological polar surface area (TPSA) is 104 Å². The first-order chi connectivity index (χ1) is 11.6. The van der Waals surface area contributed by atoms with Crippen LogP contribution in [0.2, 0.25) is 0 Å². The molecule has 0 aromatic carbocycles. The molecule has 0 bridgehead atoms. The summed E-state index contributed by atoms with van der Waals surface area (Å²) < 4.78 is 4.40. The van der Waals surface area contributed by atoms with E-state index in [1.165, 1.54) is 46.5 Å². The quantitative estimate of drug-likeness (QED) is 0.514. The van der Waals surface area contributed by atoms with Crippen molar-refractivity contribution >= 4 is 11.8 Å². The minimum Gasteiger partial charge on any atom is -0.466 e. The van der Waals surface area contributed by atoms with Gasteiger partial charge in [0.2, 0.25) is 0 Å². The van der Waals surface area contributed by atoms with Gasteiger partial charge in [-0.3, -0.25) is 4.79 Å². The van der Waals surface area contributed by atoms with Crippen LogP contribution >= 0.6 is 0 Å². The van der Waals surface area contributed by atoms with Gasteiger partial charge in [-0.1, -0.05) is 39.5 Å². The third-order valence-corrected chi connectivity index (χ3v) is 1.30. The fraction of sp³-hybridized carbons (Fsp3) is 0.895. The molecule has 0 aliphatic rings. The van der Waals surface area contributed by atoms with E-state index < -0.39 is 0 Å². The van der Waals surface area contributed by atoms with E-state index in [1.807, 2.05) is 0 Å². The molecule has 0 aromatic heterocycles. The summed E-state index contributed by atoms with van der Waals surface area (Å²) in [5.74, 6) is -0.0440. The second-order valence-electron chi connectivity index (χ2n) is 4.95. The molecular formula is C19H46O6. The molecule has 158 valence electrons. The molecule has 0 fully saturated rings. The van der Waals surface area contributed by atoms with Gasteiger partial charge in [-0.25, -0.2) is 0 Å². The van der Waals surface area contributed by atoms with E-state index in [0.717, 1.165) is 7.11 Å². The highest BCUT2D eigenvalue weighted by Gasteiger charge is 1.81. The van der Waals surface area contributed by atoms with Gasteiger partial charge in [0.25, 0.3) is 0 Å². The van der Waals surface area contributed by atoms with Gasteiger partial charge in [-0.05, 0) is 41.5 Å². The van der Waals surface area contributed by atoms with E-state index in [0.29, 0.717) is 6.61 Å². The van der Waals surface area contributed by atoms with Gasteiger partial charge in [0.1, 0.15) is 5.78 Å². The maximum absolute atomic E-state index is 9.82. The molecule has 25 heavy (non-hydrogen) atoms. The second kappa shape index (κ2) is 49.5. The highest BCUT2D eigenvalue weighted by Crippen LogP contribution is 1.95. The number of ether oxygens (including phenoxy) is 1. The van der Waals surface area contributed by atoms with Crippen molar-refractivity contribution in [3.63, 3.8) is 0 Å². The molecule has 0 aliphatic heterocycles. The zero-order valence-corrected chi connectivity index (χ0v) is 18.4. The number of ketones is 1. The van der Waals surface area contributed by atoms with Crippen molar-refractivity contribution in [1.29, 1.82) is 0 Å². The van der Waals surface area contributed by atoms with Gasteiger partial charge in [-0.2, -0.15) is 0 Å². The number of aliphatic hydroxyl groups excluding tert-OH is 3. The van der Waals surface area contributed by atoms with Crippen LogP contribution < -0.4 is 0 Å². The number of carbonyl (C=O) groups excluding carboxylic acids is 2. The molecule has 0 heterocycles. The highest BCUT2D eigenvalue weighted by molar-refractivity contribution is 5.72. The van der Waals surface area contributed by atoms with Crippen LogP contribution in [0.3, 0.4) is 0 Å². The van der Waals surface area contributed by atoms with E-state index in [2.05, 4.69) is 18.6 Å². The third-order valence-electron chi connectivity index (χ3n) is 1.30. The van der Waals surface area contributed by atoms with Gasteiger partial charge in [0.15, 0.2) is 0 Å². The zero-order valence-electron chi connectivity index (χ0n) is 18.4. The Bertz CT molecular complexity index is 195. The summed E-state index contributed by atoms with van der Waals surface area (Å²) in [7, 11) is 1.00. The molecule has 0 aromatic rings. The van der Waals surface area contributed by atoms with Gasteiger partial charge in [0, 0.05) is 26.7 Å². The maximum atomic E-state index is 9.82. The van der Waals surface area contributed by atoms with Crippen molar-refractivity contribution < 1.29 is 29.6 Å². The number of aliphatic hydroxyl groups is 3. The number of carbonyl (C=O) groups is 2.